The van der Waals surface area contributed by atoms with Crippen LogP contribution in [0, 0.1) is 0 Å². The summed E-state index contributed by atoms with van der Waals surface area (Å²) in [4.78, 5) is 20.3. The van der Waals surface area contributed by atoms with Crippen LogP contribution < -0.4 is 5.73 Å². The number of aromatic nitrogens is 2. The molecule has 1 unspecified atom stereocenters. The molecule has 4 heteroatoms. The van der Waals surface area contributed by atoms with E-state index < -0.39 is 5.91 Å². The van der Waals surface area contributed by atoms with Crippen molar-refractivity contribution in [1.82, 2.24) is 9.97 Å². The molecule has 0 aromatic carbocycles. The second kappa shape index (κ2) is 5.46. The van der Waals surface area contributed by atoms with Gasteiger partial charge in [-0.05, 0) is 12.3 Å². The monoisotopic (exact) mass is 249 g/mol. The lowest BCUT2D eigenvalue weighted by atomic mass is 9.93. The van der Waals surface area contributed by atoms with Gasteiger partial charge in [-0.15, -0.1) is 0 Å². The van der Waals surface area contributed by atoms with Crippen LogP contribution in [0.1, 0.15) is 75.3 Å². The maximum Gasteiger partial charge on any atom is 0.252 e. The summed E-state index contributed by atoms with van der Waals surface area (Å²) in [6.07, 6.45) is 3.60. The van der Waals surface area contributed by atoms with Crippen molar-refractivity contribution in [3.05, 3.63) is 23.3 Å². The summed E-state index contributed by atoms with van der Waals surface area (Å²) in [5, 5.41) is 0. The molecule has 0 bridgehead atoms. The molecule has 0 fully saturated rings. The lowest BCUT2D eigenvalue weighted by Gasteiger charge is -2.20. The largest absolute Gasteiger partial charge is 0.365 e. The Morgan fingerprint density at radius 1 is 1.44 bits per heavy atom. The van der Waals surface area contributed by atoms with E-state index in [1.54, 1.807) is 6.20 Å². The molecular weight excluding hydrogens is 226 g/mol. The molecule has 0 radical (unpaired) electrons. The minimum Gasteiger partial charge on any atom is -0.365 e. The van der Waals surface area contributed by atoms with Gasteiger partial charge in [0.25, 0.3) is 5.91 Å². The Morgan fingerprint density at radius 3 is 2.50 bits per heavy atom. The summed E-state index contributed by atoms with van der Waals surface area (Å²) >= 11 is 0. The lowest BCUT2D eigenvalue weighted by molar-refractivity contribution is 0.0998. The van der Waals surface area contributed by atoms with E-state index in [2.05, 4.69) is 44.6 Å². The smallest absolute Gasteiger partial charge is 0.252 e. The van der Waals surface area contributed by atoms with Gasteiger partial charge < -0.3 is 5.73 Å². The predicted octanol–water partition coefficient (Wildman–Crippen LogP) is 2.78. The first-order valence-electron chi connectivity index (χ1n) is 6.44. The summed E-state index contributed by atoms with van der Waals surface area (Å²) < 4.78 is 0. The number of carbonyl (C=O) groups is 1. The second-order valence-corrected chi connectivity index (χ2v) is 5.80. The second-order valence-electron chi connectivity index (χ2n) is 5.80. The molecule has 0 saturated carbocycles. The van der Waals surface area contributed by atoms with Gasteiger partial charge in [0.1, 0.15) is 5.82 Å². The van der Waals surface area contributed by atoms with E-state index >= 15 is 0 Å². The van der Waals surface area contributed by atoms with Crippen LogP contribution in [0.4, 0.5) is 0 Å². The third-order valence-corrected chi connectivity index (χ3v) is 2.94. The minimum atomic E-state index is -0.451. The summed E-state index contributed by atoms with van der Waals surface area (Å²) in [7, 11) is 0. The number of amides is 1. The zero-order valence-electron chi connectivity index (χ0n) is 11.9. The Bertz CT molecular complexity index is 435. The Labute approximate surface area is 109 Å². The normalized spacial score (nSPS) is 13.4. The first-order valence-corrected chi connectivity index (χ1v) is 6.44. The molecule has 18 heavy (non-hydrogen) atoms. The van der Waals surface area contributed by atoms with Crippen LogP contribution in [0.15, 0.2) is 6.20 Å². The molecule has 1 heterocycles. The Balaban J connectivity index is 3.28. The first-order chi connectivity index (χ1) is 8.27. The summed E-state index contributed by atoms with van der Waals surface area (Å²) in [6, 6.07) is 0. The van der Waals surface area contributed by atoms with Crippen molar-refractivity contribution in [2.24, 2.45) is 5.73 Å². The number of carbonyl (C=O) groups excluding carboxylic acids is 1. The van der Waals surface area contributed by atoms with Crippen molar-refractivity contribution in [1.29, 1.82) is 0 Å². The topological polar surface area (TPSA) is 68.9 Å². The standard InChI is InChI=1S/C14H23N3O/c1-6-7-9(2)11-10(12(15)18)8-16-13(17-11)14(3,4)5/h8-9H,6-7H2,1-5H3,(H2,15,18). The fraction of sp³-hybridized carbons (Fsp3) is 0.643. The molecule has 0 saturated heterocycles. The molecule has 4 nitrogen and oxygen atoms in total. The van der Waals surface area contributed by atoms with E-state index in [1.807, 2.05) is 0 Å². The van der Waals surface area contributed by atoms with E-state index in [1.165, 1.54) is 0 Å². The fourth-order valence-electron chi connectivity index (χ4n) is 1.89. The van der Waals surface area contributed by atoms with Crippen LogP contribution >= 0.6 is 0 Å². The Kier molecular flexibility index (Phi) is 4.43. The fourth-order valence-corrected chi connectivity index (χ4v) is 1.89. The van der Waals surface area contributed by atoms with Crippen molar-refractivity contribution in [2.45, 2.75) is 58.8 Å². The van der Waals surface area contributed by atoms with E-state index in [4.69, 9.17) is 5.73 Å². The quantitative estimate of drug-likeness (QED) is 0.892. The highest BCUT2D eigenvalue weighted by Gasteiger charge is 2.22. The van der Waals surface area contributed by atoms with E-state index in [-0.39, 0.29) is 11.3 Å². The molecule has 100 valence electrons. The molecule has 0 aliphatic rings. The maximum atomic E-state index is 11.4. The van der Waals surface area contributed by atoms with Crippen LogP contribution in [0.2, 0.25) is 0 Å². The summed E-state index contributed by atoms with van der Waals surface area (Å²) in [5.74, 6) is 0.528. The van der Waals surface area contributed by atoms with E-state index in [0.717, 1.165) is 24.4 Å². The van der Waals surface area contributed by atoms with Crippen molar-refractivity contribution >= 4 is 5.91 Å². The third-order valence-electron chi connectivity index (χ3n) is 2.94. The Morgan fingerprint density at radius 2 is 2.06 bits per heavy atom. The lowest BCUT2D eigenvalue weighted by Crippen LogP contribution is -2.22. The molecule has 1 atom stereocenters. The van der Waals surface area contributed by atoms with Crippen LogP contribution in [0.3, 0.4) is 0 Å². The van der Waals surface area contributed by atoms with Gasteiger partial charge in [0.05, 0.1) is 11.3 Å². The average molecular weight is 249 g/mol. The van der Waals surface area contributed by atoms with Gasteiger partial charge in [-0.25, -0.2) is 9.97 Å². The molecule has 0 aliphatic carbocycles. The van der Waals surface area contributed by atoms with Gasteiger partial charge >= 0.3 is 0 Å². The Hall–Kier alpha value is -1.45. The van der Waals surface area contributed by atoms with Gasteiger partial charge in [-0.3, -0.25) is 4.79 Å². The molecule has 1 aromatic rings. The number of hydrogen-bond donors (Lipinski definition) is 1. The zero-order valence-corrected chi connectivity index (χ0v) is 11.9. The summed E-state index contributed by atoms with van der Waals surface area (Å²) in [6.45, 7) is 10.4. The van der Waals surface area contributed by atoms with Crippen LogP contribution in [0.5, 0.6) is 0 Å². The third kappa shape index (κ3) is 3.28. The minimum absolute atomic E-state index is 0.128. The molecule has 1 aromatic heterocycles. The van der Waals surface area contributed by atoms with Crippen molar-refractivity contribution in [3.63, 3.8) is 0 Å². The number of rotatable bonds is 4. The van der Waals surface area contributed by atoms with E-state index in [9.17, 15) is 4.79 Å². The van der Waals surface area contributed by atoms with Crippen LogP contribution in [-0.2, 0) is 5.41 Å². The predicted molar refractivity (Wildman–Crippen MR) is 72.6 cm³/mol. The number of nitrogens with two attached hydrogens (primary N) is 1. The van der Waals surface area contributed by atoms with E-state index in [0.29, 0.717) is 5.56 Å². The van der Waals surface area contributed by atoms with Crippen molar-refractivity contribution < 1.29 is 4.79 Å². The van der Waals surface area contributed by atoms with Gasteiger partial charge in [0.15, 0.2) is 0 Å². The van der Waals surface area contributed by atoms with Gasteiger partial charge in [0, 0.05) is 11.6 Å². The van der Waals surface area contributed by atoms with Gasteiger partial charge in [-0.1, -0.05) is 41.0 Å². The SMILES string of the molecule is CCCC(C)c1nc(C(C)(C)C)ncc1C(N)=O. The van der Waals surface area contributed by atoms with Crippen LogP contribution in [0.25, 0.3) is 0 Å². The van der Waals surface area contributed by atoms with Crippen molar-refractivity contribution in [2.75, 3.05) is 0 Å². The van der Waals surface area contributed by atoms with Gasteiger partial charge in [-0.2, -0.15) is 0 Å². The first kappa shape index (κ1) is 14.6. The number of hydrogen-bond acceptors (Lipinski definition) is 3. The number of nitrogens with zero attached hydrogens (tertiary/aromatic N) is 2. The molecule has 1 rings (SSSR count). The molecule has 2 N–H and O–H groups in total. The number of primary amides is 1. The maximum absolute atomic E-state index is 11.4. The van der Waals surface area contributed by atoms with Crippen LogP contribution in [-0.4, -0.2) is 15.9 Å². The highest BCUT2D eigenvalue weighted by Crippen LogP contribution is 2.25. The highest BCUT2D eigenvalue weighted by molar-refractivity contribution is 5.93. The molecule has 1 amide bonds. The summed E-state index contributed by atoms with van der Waals surface area (Å²) in [5.41, 5.74) is 6.49. The highest BCUT2D eigenvalue weighted by atomic mass is 16.1. The molecule has 0 spiro atoms. The zero-order chi connectivity index (χ0) is 13.9. The molecule has 0 aliphatic heterocycles. The average Bonchev–Trinajstić information content (AvgIpc) is 2.27. The van der Waals surface area contributed by atoms with Gasteiger partial charge in [0.2, 0.25) is 0 Å². The molecular formula is C14H23N3O. The van der Waals surface area contributed by atoms with Crippen molar-refractivity contribution in [3.8, 4) is 0 Å².